The third-order valence-corrected chi connectivity index (χ3v) is 5.73. The highest BCUT2D eigenvalue weighted by atomic mass is 28.4. The first-order valence-electron chi connectivity index (χ1n) is 5.60. The van der Waals surface area contributed by atoms with Crippen LogP contribution in [-0.2, 0) is 8.85 Å². The summed E-state index contributed by atoms with van der Waals surface area (Å²) in [6.45, 7) is 17.1. The second kappa shape index (κ2) is 6.15. The van der Waals surface area contributed by atoms with Gasteiger partial charge in [-0.2, -0.15) is 0 Å². The molecule has 5 heteroatoms. The van der Waals surface area contributed by atoms with Crippen LogP contribution in [0.3, 0.4) is 0 Å². The fraction of sp³-hybridized carbons (Fsp3) is 0.800. The Morgan fingerprint density at radius 2 is 1.47 bits per heavy atom. The molecule has 0 spiro atoms. The van der Waals surface area contributed by atoms with Crippen molar-refractivity contribution in [2.45, 2.75) is 51.2 Å². The zero-order valence-electron chi connectivity index (χ0n) is 11.1. The quantitative estimate of drug-likeness (QED) is 0.399. The molecule has 0 aliphatic carbocycles. The molecule has 0 saturated heterocycles. The molecule has 0 atom stereocenters. The Balaban J connectivity index is 4.25. The third kappa shape index (κ3) is 10.6. The van der Waals surface area contributed by atoms with Gasteiger partial charge in [0, 0.05) is 0 Å². The van der Waals surface area contributed by atoms with Gasteiger partial charge in [-0.3, -0.25) is 0 Å². The average molecular weight is 263 g/mol. The Morgan fingerprint density at radius 1 is 1.07 bits per heavy atom. The lowest BCUT2D eigenvalue weighted by atomic mass is 10.8. The summed E-state index contributed by atoms with van der Waals surface area (Å²) in [7, 11) is -3.27. The van der Waals surface area contributed by atoms with E-state index < -0.39 is 16.6 Å². The second-order valence-corrected chi connectivity index (χ2v) is 16.5. The fourth-order valence-electron chi connectivity index (χ4n) is 1.18. The predicted octanol–water partition coefficient (Wildman–Crippen LogP) is 2.75. The van der Waals surface area contributed by atoms with Crippen LogP contribution < -0.4 is 0 Å². The van der Waals surface area contributed by atoms with Gasteiger partial charge in [0.05, 0.1) is 9.52 Å². The van der Waals surface area contributed by atoms with E-state index in [1.54, 1.807) is 0 Å². The lowest BCUT2D eigenvalue weighted by Gasteiger charge is -2.31. The van der Waals surface area contributed by atoms with Crippen molar-refractivity contribution in [1.29, 1.82) is 0 Å². The second-order valence-electron chi connectivity index (χ2n) is 5.76. The average Bonchev–Trinajstić information content (AvgIpc) is 1.94. The van der Waals surface area contributed by atoms with Crippen LogP contribution in [0.25, 0.3) is 0 Å². The molecule has 0 fully saturated rings. The van der Waals surface area contributed by atoms with Gasteiger partial charge in [-0.1, -0.05) is 6.08 Å². The van der Waals surface area contributed by atoms with Gasteiger partial charge in [0.2, 0.25) is 0 Å². The van der Waals surface area contributed by atoms with Gasteiger partial charge >= 0.3 is 0 Å². The first-order valence-corrected chi connectivity index (χ1v) is 14.2. The third-order valence-electron chi connectivity index (χ3n) is 1.58. The Hall–Kier alpha value is 0.311. The van der Waals surface area contributed by atoms with Crippen molar-refractivity contribution >= 4 is 26.2 Å². The fourth-order valence-corrected chi connectivity index (χ4v) is 7.40. The number of hydrogen-bond donors (Lipinski definition) is 0. The van der Waals surface area contributed by atoms with Crippen molar-refractivity contribution < 1.29 is 8.85 Å². The topological polar surface area (TPSA) is 18.5 Å². The van der Waals surface area contributed by atoms with Crippen molar-refractivity contribution in [3.8, 4) is 0 Å². The Bertz CT molecular complexity index is 178. The maximum atomic E-state index is 6.08. The van der Waals surface area contributed by atoms with Gasteiger partial charge < -0.3 is 8.85 Å². The van der Waals surface area contributed by atoms with Gasteiger partial charge in [-0.25, -0.2) is 0 Å². The molecular formula is C10H26O2Si3. The smallest absolute Gasteiger partial charge is 0.186 e. The lowest BCUT2D eigenvalue weighted by molar-refractivity contribution is 0.0608. The summed E-state index contributed by atoms with van der Waals surface area (Å²) in [5, 5.41) is 0. The molecule has 0 heterocycles. The lowest BCUT2D eigenvalue weighted by Crippen LogP contribution is -2.42. The molecule has 0 amide bonds. The zero-order chi connectivity index (χ0) is 12.1. The summed E-state index contributed by atoms with van der Waals surface area (Å²) in [6.07, 6.45) is 1.99. The van der Waals surface area contributed by atoms with E-state index in [9.17, 15) is 0 Å². The highest BCUT2D eigenvalue weighted by Gasteiger charge is 2.26. The molecule has 0 unspecified atom stereocenters. The van der Waals surface area contributed by atoms with E-state index in [0.717, 1.165) is 6.04 Å². The van der Waals surface area contributed by atoms with Gasteiger partial charge in [0.1, 0.15) is 5.91 Å². The van der Waals surface area contributed by atoms with E-state index in [1.807, 2.05) is 6.08 Å². The Labute approximate surface area is 99.1 Å². The van der Waals surface area contributed by atoms with Gasteiger partial charge in [-0.05, 0) is 45.3 Å². The van der Waals surface area contributed by atoms with Crippen molar-refractivity contribution in [3.05, 3.63) is 12.7 Å². The summed E-state index contributed by atoms with van der Waals surface area (Å²) in [5.74, 6) is 0.112. The molecule has 15 heavy (non-hydrogen) atoms. The van der Waals surface area contributed by atoms with E-state index in [2.05, 4.69) is 45.9 Å². The van der Waals surface area contributed by atoms with Crippen molar-refractivity contribution in [2.24, 2.45) is 0 Å². The van der Waals surface area contributed by atoms with E-state index in [0.29, 0.717) is 0 Å². The van der Waals surface area contributed by atoms with Crippen molar-refractivity contribution in [1.82, 2.24) is 0 Å². The molecule has 0 aliphatic heterocycles. The first-order chi connectivity index (χ1) is 6.64. The van der Waals surface area contributed by atoms with Crippen LogP contribution in [0.5, 0.6) is 0 Å². The molecule has 0 aromatic carbocycles. The van der Waals surface area contributed by atoms with Gasteiger partial charge in [0.15, 0.2) is 16.6 Å². The highest BCUT2D eigenvalue weighted by Crippen LogP contribution is 2.14. The summed E-state index contributed by atoms with van der Waals surface area (Å²) >= 11 is 0. The Morgan fingerprint density at radius 3 is 1.73 bits per heavy atom. The monoisotopic (exact) mass is 262 g/mol. The van der Waals surface area contributed by atoms with Crippen LogP contribution in [0.15, 0.2) is 12.7 Å². The SMILES string of the molecule is C=CC[SiH2]C(O[Si](C)(C)C)O[Si](C)(C)C. The molecular weight excluding hydrogens is 236 g/mol. The minimum Gasteiger partial charge on any atom is -0.398 e. The Kier molecular flexibility index (Phi) is 6.27. The van der Waals surface area contributed by atoms with E-state index in [4.69, 9.17) is 8.85 Å². The van der Waals surface area contributed by atoms with E-state index in [-0.39, 0.29) is 15.4 Å². The van der Waals surface area contributed by atoms with Crippen LogP contribution >= 0.6 is 0 Å². The van der Waals surface area contributed by atoms with Crippen LogP contribution in [0.1, 0.15) is 0 Å². The molecule has 0 rings (SSSR count). The van der Waals surface area contributed by atoms with E-state index in [1.165, 1.54) is 0 Å². The molecule has 0 bridgehead atoms. The van der Waals surface area contributed by atoms with Gasteiger partial charge in [-0.15, -0.1) is 6.58 Å². The predicted molar refractivity (Wildman–Crippen MR) is 76.2 cm³/mol. The van der Waals surface area contributed by atoms with Crippen LogP contribution in [-0.4, -0.2) is 32.1 Å². The number of rotatable bonds is 7. The molecule has 0 radical (unpaired) electrons. The molecule has 0 saturated carbocycles. The van der Waals surface area contributed by atoms with Crippen LogP contribution in [0.4, 0.5) is 0 Å². The molecule has 2 nitrogen and oxygen atoms in total. The molecule has 0 aromatic heterocycles. The minimum atomic E-state index is -1.47. The summed E-state index contributed by atoms with van der Waals surface area (Å²) < 4.78 is 12.2. The molecule has 0 aliphatic rings. The standard InChI is InChI=1S/C10H26O2Si3/c1-8-9-13-10(11-14(2,3)4)12-15(5,6)7/h8,10H,1,9,13H2,2-7H3. The zero-order valence-corrected chi connectivity index (χ0v) is 14.5. The van der Waals surface area contributed by atoms with Crippen molar-refractivity contribution in [2.75, 3.05) is 0 Å². The van der Waals surface area contributed by atoms with Crippen LogP contribution in [0.2, 0.25) is 45.3 Å². The first kappa shape index (κ1) is 15.3. The van der Waals surface area contributed by atoms with Crippen LogP contribution in [0, 0.1) is 0 Å². The largest absolute Gasteiger partial charge is 0.398 e. The molecule has 0 aromatic rings. The minimum absolute atomic E-state index is 0.112. The summed E-state index contributed by atoms with van der Waals surface area (Å²) in [6, 6.07) is 1.10. The number of allylic oxidation sites excluding steroid dienone is 1. The highest BCUT2D eigenvalue weighted by molar-refractivity contribution is 6.71. The van der Waals surface area contributed by atoms with Gasteiger partial charge in [0.25, 0.3) is 0 Å². The summed E-state index contributed by atoms with van der Waals surface area (Å²) in [4.78, 5) is 0. The summed E-state index contributed by atoms with van der Waals surface area (Å²) in [5.41, 5.74) is 0. The normalized spacial score (nSPS) is 14.1. The maximum Gasteiger partial charge on any atom is 0.186 e. The molecule has 0 N–H and O–H groups in total. The maximum absolute atomic E-state index is 6.08. The number of hydrogen-bond acceptors (Lipinski definition) is 2. The van der Waals surface area contributed by atoms with Crippen molar-refractivity contribution in [3.63, 3.8) is 0 Å². The molecule has 90 valence electrons. The van der Waals surface area contributed by atoms with E-state index >= 15 is 0 Å².